The minimum atomic E-state index is -0.110. The normalized spacial score (nSPS) is 14.9. The van der Waals surface area contributed by atoms with E-state index in [1.165, 1.54) is 4.90 Å². The number of nitrogens with zero attached hydrogens (tertiary/aromatic N) is 2. The molecule has 1 N–H and O–H groups in total. The second-order valence-corrected chi connectivity index (χ2v) is 4.66. The Labute approximate surface area is 116 Å². The number of aromatic nitrogens is 1. The standard InChI is InChI=1S/C15H15N3O2/c19-14-7-8-15(20)18(14)11-16-12-5-1-2-6-13(12)17-9-3-4-10-17/h1-6,9-10,16H,7-8,11H2. The van der Waals surface area contributed by atoms with E-state index in [1.54, 1.807) is 0 Å². The van der Waals surface area contributed by atoms with Gasteiger partial charge < -0.3 is 9.88 Å². The first-order chi connectivity index (χ1) is 9.75. The first kappa shape index (κ1) is 12.5. The summed E-state index contributed by atoms with van der Waals surface area (Å²) >= 11 is 0. The molecule has 2 aromatic rings. The molecule has 1 aliphatic heterocycles. The molecular weight excluding hydrogens is 254 g/mol. The molecule has 0 spiro atoms. The van der Waals surface area contributed by atoms with E-state index in [2.05, 4.69) is 5.32 Å². The van der Waals surface area contributed by atoms with Gasteiger partial charge in [0, 0.05) is 25.2 Å². The fraction of sp³-hybridized carbons (Fsp3) is 0.200. The second kappa shape index (κ2) is 5.21. The Morgan fingerprint density at radius 3 is 2.30 bits per heavy atom. The van der Waals surface area contributed by atoms with Gasteiger partial charge in [0.15, 0.2) is 0 Å². The number of amides is 2. The van der Waals surface area contributed by atoms with Crippen molar-refractivity contribution in [3.63, 3.8) is 0 Å². The van der Waals surface area contributed by atoms with Crippen LogP contribution in [-0.2, 0) is 9.59 Å². The molecule has 0 saturated carbocycles. The van der Waals surface area contributed by atoms with Crippen LogP contribution in [0.1, 0.15) is 12.8 Å². The van der Waals surface area contributed by atoms with Crippen molar-refractivity contribution in [1.29, 1.82) is 0 Å². The summed E-state index contributed by atoms with van der Waals surface area (Å²) < 4.78 is 1.98. The highest BCUT2D eigenvalue weighted by molar-refractivity contribution is 6.02. The predicted octanol–water partition coefficient (Wildman–Crippen LogP) is 2.00. The zero-order chi connectivity index (χ0) is 13.9. The van der Waals surface area contributed by atoms with Crippen molar-refractivity contribution in [2.75, 3.05) is 12.0 Å². The van der Waals surface area contributed by atoms with Crippen molar-refractivity contribution in [2.45, 2.75) is 12.8 Å². The van der Waals surface area contributed by atoms with Crippen molar-refractivity contribution < 1.29 is 9.59 Å². The third-order valence-corrected chi connectivity index (χ3v) is 3.37. The SMILES string of the molecule is O=C1CCC(=O)N1CNc1ccccc1-n1cccc1. The molecule has 3 rings (SSSR count). The molecule has 1 aromatic carbocycles. The predicted molar refractivity (Wildman–Crippen MR) is 75.3 cm³/mol. The lowest BCUT2D eigenvalue weighted by molar-refractivity contribution is -0.137. The quantitative estimate of drug-likeness (QED) is 0.864. The lowest BCUT2D eigenvalue weighted by atomic mass is 10.2. The van der Waals surface area contributed by atoms with Gasteiger partial charge >= 0.3 is 0 Å². The van der Waals surface area contributed by atoms with Crippen LogP contribution in [0.5, 0.6) is 0 Å². The Morgan fingerprint density at radius 2 is 1.60 bits per heavy atom. The van der Waals surface area contributed by atoms with Crippen LogP contribution in [0.3, 0.4) is 0 Å². The van der Waals surface area contributed by atoms with E-state index < -0.39 is 0 Å². The first-order valence-electron chi connectivity index (χ1n) is 6.55. The molecule has 1 fully saturated rings. The van der Waals surface area contributed by atoms with Crippen LogP contribution in [0.25, 0.3) is 5.69 Å². The van der Waals surface area contributed by atoms with Crippen molar-refractivity contribution in [3.8, 4) is 5.69 Å². The molecule has 0 atom stereocenters. The summed E-state index contributed by atoms with van der Waals surface area (Å²) in [4.78, 5) is 24.4. The van der Waals surface area contributed by atoms with Gasteiger partial charge in [-0.15, -0.1) is 0 Å². The van der Waals surface area contributed by atoms with E-state index in [9.17, 15) is 9.59 Å². The number of hydrogen-bond donors (Lipinski definition) is 1. The number of rotatable bonds is 4. The fourth-order valence-corrected chi connectivity index (χ4v) is 2.31. The van der Waals surface area contributed by atoms with Gasteiger partial charge in [-0.3, -0.25) is 14.5 Å². The zero-order valence-electron chi connectivity index (χ0n) is 11.0. The highest BCUT2D eigenvalue weighted by Crippen LogP contribution is 2.20. The molecule has 5 nitrogen and oxygen atoms in total. The van der Waals surface area contributed by atoms with Gasteiger partial charge in [-0.1, -0.05) is 12.1 Å². The van der Waals surface area contributed by atoms with E-state index in [4.69, 9.17) is 0 Å². The Hall–Kier alpha value is -2.56. The number of nitrogens with one attached hydrogen (secondary N) is 1. The number of anilines is 1. The van der Waals surface area contributed by atoms with Gasteiger partial charge in [0.1, 0.15) is 0 Å². The average molecular weight is 269 g/mol. The molecule has 1 aromatic heterocycles. The van der Waals surface area contributed by atoms with Crippen LogP contribution in [-0.4, -0.2) is 28.0 Å². The van der Waals surface area contributed by atoms with Crippen molar-refractivity contribution >= 4 is 17.5 Å². The van der Waals surface area contributed by atoms with Gasteiger partial charge in [-0.2, -0.15) is 0 Å². The molecule has 5 heteroatoms. The molecule has 0 unspecified atom stereocenters. The number of para-hydroxylation sites is 2. The number of hydrogen-bond acceptors (Lipinski definition) is 3. The van der Waals surface area contributed by atoms with Gasteiger partial charge in [0.25, 0.3) is 0 Å². The van der Waals surface area contributed by atoms with Crippen LogP contribution in [0.2, 0.25) is 0 Å². The number of benzene rings is 1. The van der Waals surface area contributed by atoms with Gasteiger partial charge in [0.05, 0.1) is 18.0 Å². The highest BCUT2D eigenvalue weighted by atomic mass is 16.2. The van der Waals surface area contributed by atoms with Crippen molar-refractivity contribution in [2.24, 2.45) is 0 Å². The minimum Gasteiger partial charge on any atom is -0.366 e. The maximum Gasteiger partial charge on any atom is 0.231 e. The molecule has 0 radical (unpaired) electrons. The Bertz CT molecular complexity index is 618. The first-order valence-corrected chi connectivity index (χ1v) is 6.55. The minimum absolute atomic E-state index is 0.110. The fourth-order valence-electron chi connectivity index (χ4n) is 2.31. The molecule has 1 aliphatic rings. The zero-order valence-corrected chi connectivity index (χ0v) is 11.0. The van der Waals surface area contributed by atoms with Crippen molar-refractivity contribution in [3.05, 3.63) is 48.8 Å². The van der Waals surface area contributed by atoms with Crippen LogP contribution in [0.4, 0.5) is 5.69 Å². The van der Waals surface area contributed by atoms with E-state index in [0.717, 1.165) is 11.4 Å². The summed E-state index contributed by atoms with van der Waals surface area (Å²) in [6.45, 7) is 0.218. The van der Waals surface area contributed by atoms with Crippen LogP contribution in [0.15, 0.2) is 48.8 Å². The Morgan fingerprint density at radius 1 is 0.950 bits per heavy atom. The molecule has 1 saturated heterocycles. The Balaban J connectivity index is 1.78. The molecule has 20 heavy (non-hydrogen) atoms. The molecule has 0 bridgehead atoms. The third-order valence-electron chi connectivity index (χ3n) is 3.37. The summed E-state index contributed by atoms with van der Waals surface area (Å²) in [5, 5.41) is 3.17. The third kappa shape index (κ3) is 2.30. The van der Waals surface area contributed by atoms with E-state index in [1.807, 2.05) is 53.4 Å². The molecular formula is C15H15N3O2. The monoisotopic (exact) mass is 269 g/mol. The van der Waals surface area contributed by atoms with Gasteiger partial charge in [-0.25, -0.2) is 0 Å². The van der Waals surface area contributed by atoms with Crippen LogP contribution in [0, 0.1) is 0 Å². The maximum absolute atomic E-state index is 11.6. The number of carbonyl (C=O) groups is 2. The number of likely N-dealkylation sites (tertiary alicyclic amines) is 1. The largest absolute Gasteiger partial charge is 0.366 e. The Kier molecular flexibility index (Phi) is 3.25. The highest BCUT2D eigenvalue weighted by Gasteiger charge is 2.28. The number of carbonyl (C=O) groups excluding carboxylic acids is 2. The molecule has 2 amide bonds. The lowest BCUT2D eigenvalue weighted by Crippen LogP contribution is -2.34. The van der Waals surface area contributed by atoms with Gasteiger partial charge in [-0.05, 0) is 24.3 Å². The summed E-state index contributed by atoms with van der Waals surface area (Å²) in [5.74, 6) is -0.220. The molecule has 2 heterocycles. The molecule has 0 aliphatic carbocycles. The summed E-state index contributed by atoms with van der Waals surface area (Å²) in [6.07, 6.45) is 4.54. The van der Waals surface area contributed by atoms with Gasteiger partial charge in [0.2, 0.25) is 11.8 Å². The van der Waals surface area contributed by atoms with E-state index in [-0.39, 0.29) is 18.5 Å². The van der Waals surface area contributed by atoms with Crippen LogP contribution >= 0.6 is 0 Å². The summed E-state index contributed by atoms with van der Waals surface area (Å²) in [7, 11) is 0. The van der Waals surface area contributed by atoms with Crippen molar-refractivity contribution in [1.82, 2.24) is 9.47 Å². The summed E-state index contributed by atoms with van der Waals surface area (Å²) in [5.41, 5.74) is 1.87. The van der Waals surface area contributed by atoms with E-state index >= 15 is 0 Å². The number of imide groups is 1. The topological polar surface area (TPSA) is 54.3 Å². The smallest absolute Gasteiger partial charge is 0.231 e. The maximum atomic E-state index is 11.6. The molecule has 102 valence electrons. The lowest BCUT2D eigenvalue weighted by Gasteiger charge is -2.18. The van der Waals surface area contributed by atoms with E-state index in [0.29, 0.717) is 12.8 Å². The average Bonchev–Trinajstić information content (AvgIpc) is 3.09. The summed E-state index contributed by atoms with van der Waals surface area (Å²) in [6, 6.07) is 11.7. The van der Waals surface area contributed by atoms with Crippen LogP contribution < -0.4 is 5.32 Å². The second-order valence-electron chi connectivity index (χ2n) is 4.66.